The molecule has 4 nitrogen and oxygen atoms in total. The molecule has 0 atom stereocenters. The van der Waals surface area contributed by atoms with Gasteiger partial charge < -0.3 is 11.1 Å². The van der Waals surface area contributed by atoms with Crippen LogP contribution >= 0.6 is 0 Å². The Morgan fingerprint density at radius 3 is 3.07 bits per heavy atom. The van der Waals surface area contributed by atoms with Gasteiger partial charge in [-0.25, -0.2) is 4.39 Å². The van der Waals surface area contributed by atoms with E-state index in [4.69, 9.17) is 5.73 Å². The van der Waals surface area contributed by atoms with Crippen LogP contribution in [0.4, 0.5) is 4.39 Å². The van der Waals surface area contributed by atoms with Gasteiger partial charge in [0, 0.05) is 11.8 Å². The summed E-state index contributed by atoms with van der Waals surface area (Å²) in [7, 11) is 0. The van der Waals surface area contributed by atoms with Crippen LogP contribution in [0.2, 0.25) is 0 Å². The summed E-state index contributed by atoms with van der Waals surface area (Å²) < 4.78 is 12.6. The van der Waals surface area contributed by atoms with E-state index in [0.717, 1.165) is 6.20 Å². The first-order chi connectivity index (χ1) is 7.22. The van der Waals surface area contributed by atoms with E-state index in [2.05, 4.69) is 22.1 Å². The molecule has 1 aromatic heterocycles. The van der Waals surface area contributed by atoms with Crippen LogP contribution in [0.5, 0.6) is 0 Å². The highest BCUT2D eigenvalue weighted by molar-refractivity contribution is 5.77. The highest BCUT2D eigenvalue weighted by Gasteiger charge is 1.92. The number of carbonyl (C=O) groups is 1. The van der Waals surface area contributed by atoms with Crippen molar-refractivity contribution in [2.24, 2.45) is 5.73 Å². The summed E-state index contributed by atoms with van der Waals surface area (Å²) in [4.78, 5) is 14.3. The third kappa shape index (κ3) is 4.20. The van der Waals surface area contributed by atoms with Gasteiger partial charge in [-0.05, 0) is 6.07 Å². The lowest BCUT2D eigenvalue weighted by molar-refractivity contribution is -0.119. The molecule has 1 aromatic rings. The molecule has 0 aliphatic carbocycles. The van der Waals surface area contributed by atoms with Crippen LogP contribution in [-0.4, -0.2) is 24.0 Å². The molecule has 0 spiro atoms. The van der Waals surface area contributed by atoms with Crippen LogP contribution in [-0.2, 0) is 4.79 Å². The van der Waals surface area contributed by atoms with Crippen molar-refractivity contribution in [1.29, 1.82) is 0 Å². The van der Waals surface area contributed by atoms with Gasteiger partial charge in [0.15, 0.2) is 0 Å². The molecule has 5 heteroatoms. The Morgan fingerprint density at radius 1 is 1.60 bits per heavy atom. The average molecular weight is 207 g/mol. The van der Waals surface area contributed by atoms with E-state index in [1.807, 2.05) is 0 Å². The van der Waals surface area contributed by atoms with E-state index in [0.29, 0.717) is 5.56 Å². The number of nitrogens with one attached hydrogen (secondary N) is 1. The number of hydrogen-bond donors (Lipinski definition) is 2. The first kappa shape index (κ1) is 11.1. The van der Waals surface area contributed by atoms with Crippen molar-refractivity contribution in [2.45, 2.75) is 0 Å². The standard InChI is InChI=1S/C10H10FN3O/c11-9-4-8(6-13-7-9)2-1-3-14-10(15)5-12/h4,6-7H,3,5,12H2,(H,14,15). The molecule has 1 rings (SSSR count). The van der Waals surface area contributed by atoms with Gasteiger partial charge in [0.25, 0.3) is 0 Å². The molecule has 78 valence electrons. The van der Waals surface area contributed by atoms with Crippen molar-refractivity contribution in [2.75, 3.05) is 13.1 Å². The van der Waals surface area contributed by atoms with Crippen LogP contribution in [0.3, 0.4) is 0 Å². The average Bonchev–Trinajstić information content (AvgIpc) is 2.24. The van der Waals surface area contributed by atoms with Gasteiger partial charge in [-0.1, -0.05) is 11.8 Å². The predicted molar refractivity (Wildman–Crippen MR) is 53.1 cm³/mol. The molecule has 0 saturated heterocycles. The van der Waals surface area contributed by atoms with E-state index < -0.39 is 5.82 Å². The molecule has 1 amide bonds. The molecule has 0 aliphatic heterocycles. The maximum atomic E-state index is 12.6. The fourth-order valence-electron chi connectivity index (χ4n) is 0.841. The van der Waals surface area contributed by atoms with Gasteiger partial charge in [0.2, 0.25) is 5.91 Å². The maximum absolute atomic E-state index is 12.6. The molecular weight excluding hydrogens is 197 g/mol. The summed E-state index contributed by atoms with van der Waals surface area (Å²) in [6.45, 7) is 0.121. The van der Waals surface area contributed by atoms with Gasteiger partial charge in [-0.2, -0.15) is 0 Å². The molecule has 0 fully saturated rings. The smallest absolute Gasteiger partial charge is 0.234 e. The van der Waals surface area contributed by atoms with Crippen LogP contribution in [0.25, 0.3) is 0 Å². The van der Waals surface area contributed by atoms with E-state index >= 15 is 0 Å². The number of halogens is 1. The fourth-order valence-corrected chi connectivity index (χ4v) is 0.841. The minimum Gasteiger partial charge on any atom is -0.344 e. The summed E-state index contributed by atoms with van der Waals surface area (Å²) in [6.07, 6.45) is 2.54. The van der Waals surface area contributed by atoms with Gasteiger partial charge in [0.05, 0.1) is 19.3 Å². The molecule has 0 unspecified atom stereocenters. The number of rotatable bonds is 2. The molecule has 3 N–H and O–H groups in total. The molecule has 0 aromatic carbocycles. The SMILES string of the molecule is NCC(=O)NCC#Cc1cncc(F)c1. The van der Waals surface area contributed by atoms with Gasteiger partial charge >= 0.3 is 0 Å². The normalized spacial score (nSPS) is 8.93. The van der Waals surface area contributed by atoms with Crippen molar-refractivity contribution in [3.63, 3.8) is 0 Å². The quantitative estimate of drug-likeness (QED) is 0.651. The Kier molecular flexibility index (Phi) is 4.26. The van der Waals surface area contributed by atoms with Crippen molar-refractivity contribution in [1.82, 2.24) is 10.3 Å². The third-order valence-corrected chi connectivity index (χ3v) is 1.50. The van der Waals surface area contributed by atoms with Crippen molar-refractivity contribution >= 4 is 5.91 Å². The monoisotopic (exact) mass is 207 g/mol. The summed E-state index contributed by atoms with van der Waals surface area (Å²) in [5.41, 5.74) is 5.53. The van der Waals surface area contributed by atoms with Crippen molar-refractivity contribution < 1.29 is 9.18 Å². The Hall–Kier alpha value is -1.93. The van der Waals surface area contributed by atoms with Crippen LogP contribution in [0.15, 0.2) is 18.5 Å². The predicted octanol–water partition coefficient (Wildman–Crippen LogP) is -0.353. The molecule has 15 heavy (non-hydrogen) atoms. The van der Waals surface area contributed by atoms with E-state index in [-0.39, 0.29) is 19.0 Å². The second kappa shape index (κ2) is 5.73. The summed E-state index contributed by atoms with van der Waals surface area (Å²) in [5, 5.41) is 2.47. The van der Waals surface area contributed by atoms with Crippen molar-refractivity contribution in [3.05, 3.63) is 29.8 Å². The molecule has 0 aliphatic rings. The zero-order valence-corrected chi connectivity index (χ0v) is 7.96. The molecule has 1 heterocycles. The molecule has 0 saturated carbocycles. The second-order valence-electron chi connectivity index (χ2n) is 2.67. The van der Waals surface area contributed by atoms with Crippen LogP contribution in [0.1, 0.15) is 5.56 Å². The van der Waals surface area contributed by atoms with Gasteiger partial charge in [-0.15, -0.1) is 0 Å². The van der Waals surface area contributed by atoms with E-state index in [1.165, 1.54) is 12.3 Å². The largest absolute Gasteiger partial charge is 0.344 e. The second-order valence-corrected chi connectivity index (χ2v) is 2.67. The van der Waals surface area contributed by atoms with E-state index in [9.17, 15) is 9.18 Å². The van der Waals surface area contributed by atoms with Crippen LogP contribution in [0, 0.1) is 17.7 Å². The maximum Gasteiger partial charge on any atom is 0.234 e. The lowest BCUT2D eigenvalue weighted by Gasteiger charge is -1.95. The number of amides is 1. The number of nitrogens with zero attached hydrogens (tertiary/aromatic N) is 1. The summed E-state index contributed by atoms with van der Waals surface area (Å²) in [5.74, 6) is 4.59. The Balaban J connectivity index is 2.48. The number of carbonyl (C=O) groups excluding carboxylic acids is 1. The number of pyridine rings is 1. The topological polar surface area (TPSA) is 68.0 Å². The molecular formula is C10H10FN3O. The highest BCUT2D eigenvalue weighted by Crippen LogP contribution is 1.97. The Labute approximate surface area is 86.7 Å². The minimum absolute atomic E-state index is 0.0663. The van der Waals surface area contributed by atoms with Gasteiger partial charge in [-0.3, -0.25) is 9.78 Å². The summed E-state index contributed by atoms with van der Waals surface area (Å²) >= 11 is 0. The third-order valence-electron chi connectivity index (χ3n) is 1.50. The van der Waals surface area contributed by atoms with Crippen LogP contribution < -0.4 is 11.1 Å². The van der Waals surface area contributed by atoms with Crippen molar-refractivity contribution in [3.8, 4) is 11.8 Å². The molecule has 0 bridgehead atoms. The fraction of sp³-hybridized carbons (Fsp3) is 0.200. The number of nitrogens with two attached hydrogens (primary N) is 1. The number of aromatic nitrogens is 1. The Bertz CT molecular complexity index is 409. The zero-order valence-electron chi connectivity index (χ0n) is 7.96. The Morgan fingerprint density at radius 2 is 2.40 bits per heavy atom. The first-order valence-corrected chi connectivity index (χ1v) is 4.28. The van der Waals surface area contributed by atoms with Gasteiger partial charge in [0.1, 0.15) is 5.82 Å². The molecule has 0 radical (unpaired) electrons. The summed E-state index contributed by atoms with van der Waals surface area (Å²) in [6, 6.07) is 1.27. The minimum atomic E-state index is -0.437. The first-order valence-electron chi connectivity index (χ1n) is 4.28. The van der Waals surface area contributed by atoms with E-state index in [1.54, 1.807) is 0 Å². The number of hydrogen-bond acceptors (Lipinski definition) is 3. The lowest BCUT2D eigenvalue weighted by atomic mass is 10.3. The highest BCUT2D eigenvalue weighted by atomic mass is 19.1. The lowest BCUT2D eigenvalue weighted by Crippen LogP contribution is -2.30. The zero-order chi connectivity index (χ0) is 11.1.